The van der Waals surface area contributed by atoms with Crippen LogP contribution in [0.25, 0.3) is 0 Å². The maximum absolute atomic E-state index is 12.1. The summed E-state index contributed by atoms with van der Waals surface area (Å²) >= 11 is 0. The number of carbonyl (C=O) groups is 1. The molecule has 1 saturated carbocycles. The Morgan fingerprint density at radius 3 is 2.67 bits per heavy atom. The van der Waals surface area contributed by atoms with Crippen molar-refractivity contribution >= 4 is 5.91 Å². The molecule has 0 aliphatic heterocycles. The van der Waals surface area contributed by atoms with Gasteiger partial charge in [0.1, 0.15) is 0 Å². The van der Waals surface area contributed by atoms with E-state index in [0.29, 0.717) is 5.92 Å². The van der Waals surface area contributed by atoms with Gasteiger partial charge in [-0.2, -0.15) is 0 Å². The highest BCUT2D eigenvalue weighted by molar-refractivity contribution is 5.91. The third-order valence-corrected chi connectivity index (χ3v) is 4.52. The first kappa shape index (κ1) is 16.0. The van der Waals surface area contributed by atoms with Crippen LogP contribution in [0, 0.1) is 0 Å². The van der Waals surface area contributed by atoms with Crippen LogP contribution in [0.5, 0.6) is 0 Å². The molecule has 0 saturated heterocycles. The van der Waals surface area contributed by atoms with Gasteiger partial charge in [-0.15, -0.1) is 0 Å². The van der Waals surface area contributed by atoms with Crippen molar-refractivity contribution < 1.29 is 14.4 Å². The number of aromatic nitrogens is 1. The molecule has 5 heteroatoms. The van der Waals surface area contributed by atoms with Crippen LogP contribution in [-0.2, 0) is 0 Å². The lowest BCUT2D eigenvalue weighted by Gasteiger charge is -2.31. The molecule has 0 spiro atoms. The fourth-order valence-corrected chi connectivity index (χ4v) is 3.01. The normalized spacial score (nSPS) is 17.9. The molecule has 1 aliphatic rings. The molecule has 118 valence electrons. The Morgan fingerprint density at radius 1 is 1.38 bits per heavy atom. The Balaban J connectivity index is 1.91. The maximum atomic E-state index is 12.1. The molecule has 0 bridgehead atoms. The number of rotatable bonds is 6. The van der Waals surface area contributed by atoms with E-state index in [1.165, 1.54) is 0 Å². The van der Waals surface area contributed by atoms with Crippen molar-refractivity contribution in [2.45, 2.75) is 70.3 Å². The molecule has 0 atom stereocenters. The number of amides is 1. The summed E-state index contributed by atoms with van der Waals surface area (Å²) in [6.45, 7) is 4.48. The predicted octanol–water partition coefficient (Wildman–Crippen LogP) is 3.00. The van der Waals surface area contributed by atoms with E-state index in [9.17, 15) is 9.90 Å². The van der Waals surface area contributed by atoms with Crippen molar-refractivity contribution in [2.24, 2.45) is 0 Å². The topological polar surface area (TPSA) is 75.4 Å². The number of aliphatic hydroxyl groups is 1. The predicted molar refractivity (Wildman–Crippen MR) is 80.2 cm³/mol. The number of hydrogen-bond acceptors (Lipinski definition) is 4. The third kappa shape index (κ3) is 4.06. The SMILES string of the molecule is CCC(CC)c1cc(C(=O)NCC2(O)CCCCC2)on1. The van der Waals surface area contributed by atoms with Gasteiger partial charge in [-0.1, -0.05) is 38.3 Å². The van der Waals surface area contributed by atoms with E-state index in [0.717, 1.165) is 50.6 Å². The lowest BCUT2D eigenvalue weighted by atomic mass is 9.85. The van der Waals surface area contributed by atoms with Crippen molar-refractivity contribution in [2.75, 3.05) is 6.54 Å². The highest BCUT2D eigenvalue weighted by atomic mass is 16.5. The first-order chi connectivity index (χ1) is 10.1. The monoisotopic (exact) mass is 294 g/mol. The van der Waals surface area contributed by atoms with E-state index in [-0.39, 0.29) is 18.2 Å². The Labute approximate surface area is 126 Å². The van der Waals surface area contributed by atoms with Gasteiger partial charge >= 0.3 is 0 Å². The number of nitrogens with one attached hydrogen (secondary N) is 1. The van der Waals surface area contributed by atoms with E-state index in [1.54, 1.807) is 6.07 Å². The van der Waals surface area contributed by atoms with Gasteiger partial charge in [-0.25, -0.2) is 0 Å². The number of carbonyl (C=O) groups excluding carboxylic acids is 1. The Kier molecular flexibility index (Phi) is 5.39. The van der Waals surface area contributed by atoms with Crippen LogP contribution < -0.4 is 5.32 Å². The molecule has 0 radical (unpaired) electrons. The Bertz CT molecular complexity index is 460. The van der Waals surface area contributed by atoms with Crippen molar-refractivity contribution in [3.63, 3.8) is 0 Å². The fraction of sp³-hybridized carbons (Fsp3) is 0.750. The molecule has 2 N–H and O–H groups in total. The summed E-state index contributed by atoms with van der Waals surface area (Å²) in [5.41, 5.74) is 0.0769. The quantitative estimate of drug-likeness (QED) is 0.845. The van der Waals surface area contributed by atoms with Crippen LogP contribution >= 0.6 is 0 Å². The second-order valence-corrected chi connectivity index (χ2v) is 6.10. The second-order valence-electron chi connectivity index (χ2n) is 6.10. The molecular formula is C16H26N2O3. The minimum absolute atomic E-state index is 0.233. The molecule has 1 heterocycles. The molecule has 0 aromatic carbocycles. The molecule has 1 fully saturated rings. The van der Waals surface area contributed by atoms with Crippen molar-refractivity contribution in [3.8, 4) is 0 Å². The first-order valence-corrected chi connectivity index (χ1v) is 8.05. The summed E-state index contributed by atoms with van der Waals surface area (Å²) in [6, 6.07) is 1.72. The first-order valence-electron chi connectivity index (χ1n) is 8.05. The molecule has 21 heavy (non-hydrogen) atoms. The molecule has 1 aromatic rings. The second kappa shape index (κ2) is 7.07. The van der Waals surface area contributed by atoms with Gasteiger partial charge in [0.25, 0.3) is 5.91 Å². The zero-order chi connectivity index (χ0) is 15.3. The smallest absolute Gasteiger partial charge is 0.290 e. The number of hydrogen-bond donors (Lipinski definition) is 2. The van der Waals surface area contributed by atoms with Gasteiger partial charge in [-0.3, -0.25) is 4.79 Å². The summed E-state index contributed by atoms with van der Waals surface area (Å²) < 4.78 is 5.14. The fourth-order valence-electron chi connectivity index (χ4n) is 3.01. The minimum Gasteiger partial charge on any atom is -0.388 e. The van der Waals surface area contributed by atoms with Crippen LogP contribution in [0.4, 0.5) is 0 Å². The largest absolute Gasteiger partial charge is 0.388 e. The Hall–Kier alpha value is -1.36. The average molecular weight is 294 g/mol. The zero-order valence-corrected chi connectivity index (χ0v) is 13.0. The van der Waals surface area contributed by atoms with Gasteiger partial charge in [0.05, 0.1) is 11.3 Å². The summed E-state index contributed by atoms with van der Waals surface area (Å²) in [5.74, 6) is 0.271. The zero-order valence-electron chi connectivity index (χ0n) is 13.0. The van der Waals surface area contributed by atoms with Gasteiger partial charge in [0.2, 0.25) is 5.76 Å². The third-order valence-electron chi connectivity index (χ3n) is 4.52. The number of nitrogens with zero attached hydrogens (tertiary/aromatic N) is 1. The van der Waals surface area contributed by atoms with Crippen LogP contribution in [0.15, 0.2) is 10.6 Å². The lowest BCUT2D eigenvalue weighted by Crippen LogP contribution is -2.44. The van der Waals surface area contributed by atoms with Crippen LogP contribution in [0.3, 0.4) is 0 Å². The highest BCUT2D eigenvalue weighted by Gasteiger charge is 2.30. The van der Waals surface area contributed by atoms with E-state index < -0.39 is 5.60 Å². The molecule has 2 rings (SSSR count). The molecular weight excluding hydrogens is 268 g/mol. The van der Waals surface area contributed by atoms with Crippen LogP contribution in [-0.4, -0.2) is 28.3 Å². The van der Waals surface area contributed by atoms with Gasteiger partial charge in [0.15, 0.2) is 0 Å². The van der Waals surface area contributed by atoms with Crippen molar-refractivity contribution in [3.05, 3.63) is 17.5 Å². The lowest BCUT2D eigenvalue weighted by molar-refractivity contribution is 0.00496. The molecule has 1 aromatic heterocycles. The van der Waals surface area contributed by atoms with E-state index in [2.05, 4.69) is 24.3 Å². The summed E-state index contributed by atoms with van der Waals surface area (Å²) in [7, 11) is 0. The van der Waals surface area contributed by atoms with Gasteiger partial charge < -0.3 is 14.9 Å². The van der Waals surface area contributed by atoms with E-state index >= 15 is 0 Å². The standard InChI is InChI=1S/C16H26N2O3/c1-3-12(4-2)13-10-14(21-18-13)15(19)17-11-16(20)8-6-5-7-9-16/h10,12,20H,3-9,11H2,1-2H3,(H,17,19). The average Bonchev–Trinajstić information content (AvgIpc) is 2.97. The van der Waals surface area contributed by atoms with Gasteiger partial charge in [0, 0.05) is 18.5 Å². The maximum Gasteiger partial charge on any atom is 0.290 e. The van der Waals surface area contributed by atoms with Crippen molar-refractivity contribution in [1.82, 2.24) is 10.5 Å². The summed E-state index contributed by atoms with van der Waals surface area (Å²) in [5, 5.41) is 17.1. The molecule has 5 nitrogen and oxygen atoms in total. The Morgan fingerprint density at radius 2 is 2.05 bits per heavy atom. The summed E-state index contributed by atoms with van der Waals surface area (Å²) in [4.78, 5) is 12.1. The van der Waals surface area contributed by atoms with Gasteiger partial charge in [-0.05, 0) is 25.7 Å². The summed E-state index contributed by atoms with van der Waals surface area (Å²) in [6.07, 6.45) is 6.66. The van der Waals surface area contributed by atoms with Crippen LogP contribution in [0.1, 0.15) is 81.0 Å². The van der Waals surface area contributed by atoms with E-state index in [1.807, 2.05) is 0 Å². The van der Waals surface area contributed by atoms with Crippen LogP contribution in [0.2, 0.25) is 0 Å². The molecule has 1 amide bonds. The van der Waals surface area contributed by atoms with E-state index in [4.69, 9.17) is 4.52 Å². The minimum atomic E-state index is -0.758. The van der Waals surface area contributed by atoms with Crippen molar-refractivity contribution in [1.29, 1.82) is 0 Å². The molecule has 1 aliphatic carbocycles. The highest BCUT2D eigenvalue weighted by Crippen LogP contribution is 2.27. The molecule has 0 unspecified atom stereocenters.